The van der Waals surface area contributed by atoms with Crippen molar-refractivity contribution in [3.05, 3.63) is 35.9 Å². The Morgan fingerprint density at radius 2 is 1.70 bits per heavy atom. The minimum absolute atomic E-state index is 0.0273. The van der Waals surface area contributed by atoms with Crippen LogP contribution in [0.3, 0.4) is 0 Å². The van der Waals surface area contributed by atoms with Gasteiger partial charge in [0.1, 0.15) is 11.9 Å². The summed E-state index contributed by atoms with van der Waals surface area (Å²) in [4.78, 5) is 28.4. The predicted octanol–water partition coefficient (Wildman–Crippen LogP) is -0.221. The number of nitrogens with zero attached hydrogens (tertiary/aromatic N) is 3. The Morgan fingerprint density at radius 3 is 2.18 bits per heavy atom. The van der Waals surface area contributed by atoms with Crippen LogP contribution in [0.25, 0.3) is 0 Å². The minimum atomic E-state index is -4.69. The molecule has 1 aromatic carbocycles. The molecule has 0 bridgehead atoms. The second-order valence-corrected chi connectivity index (χ2v) is 10.7. The quantitative estimate of drug-likeness (QED) is 0.190. The molecule has 10 nitrogen and oxygen atoms in total. The molecule has 0 aromatic heterocycles. The lowest BCUT2D eigenvalue weighted by atomic mass is 9.73. The number of ketones is 2. The van der Waals surface area contributed by atoms with Crippen molar-refractivity contribution in [1.82, 2.24) is 9.80 Å². The van der Waals surface area contributed by atoms with E-state index >= 15 is 0 Å². The van der Waals surface area contributed by atoms with E-state index in [2.05, 4.69) is 5.10 Å². The lowest BCUT2D eigenvalue weighted by Crippen LogP contribution is -2.80. The Bertz CT molecular complexity index is 987. The summed E-state index contributed by atoms with van der Waals surface area (Å²) in [5.74, 6) is 3.37. The van der Waals surface area contributed by atoms with Gasteiger partial charge >= 0.3 is 0 Å². The standard InChI is InChI=1S/C22H34N6O4S/c1-17(29)21(28-11-5-6-12-28,15-18-7-3-2-4-8-18)22(23,33(25,31)32)20(30)19-9-13-27(14-10-19)16-26-24/h2-4,7-8,16,19H,5-6,9-15,23-24H2,1H3,(H2,25,31,32). The molecular formula is C22H34N6O4S. The van der Waals surface area contributed by atoms with Crippen LogP contribution in [-0.2, 0) is 26.0 Å². The molecule has 0 spiro atoms. The van der Waals surface area contributed by atoms with E-state index in [4.69, 9.17) is 16.7 Å². The van der Waals surface area contributed by atoms with E-state index in [9.17, 15) is 18.0 Å². The Balaban J connectivity index is 2.13. The van der Waals surface area contributed by atoms with E-state index in [1.165, 1.54) is 13.3 Å². The number of benzene rings is 1. The van der Waals surface area contributed by atoms with E-state index in [1.807, 2.05) is 11.0 Å². The van der Waals surface area contributed by atoms with Gasteiger partial charge in [-0.25, -0.2) is 13.6 Å². The molecule has 2 aliphatic rings. The van der Waals surface area contributed by atoms with E-state index < -0.39 is 37.9 Å². The maximum atomic E-state index is 14.0. The van der Waals surface area contributed by atoms with Crippen LogP contribution in [0.5, 0.6) is 0 Å². The van der Waals surface area contributed by atoms with Crippen LogP contribution in [0.4, 0.5) is 0 Å². The normalized spacial score (nSPS) is 22.2. The highest BCUT2D eigenvalue weighted by Gasteiger charge is 2.67. The van der Waals surface area contributed by atoms with Gasteiger partial charge in [0, 0.05) is 25.4 Å². The number of carbonyl (C=O) groups excluding carboxylic acids is 2. The highest BCUT2D eigenvalue weighted by atomic mass is 32.2. The summed E-state index contributed by atoms with van der Waals surface area (Å²) in [6.07, 6.45) is 3.72. The van der Waals surface area contributed by atoms with Crippen LogP contribution < -0.4 is 16.7 Å². The maximum absolute atomic E-state index is 14.0. The monoisotopic (exact) mass is 478 g/mol. The van der Waals surface area contributed by atoms with Crippen molar-refractivity contribution >= 4 is 27.9 Å². The van der Waals surface area contributed by atoms with E-state index in [0.717, 1.165) is 12.8 Å². The first-order valence-electron chi connectivity index (χ1n) is 11.2. The second-order valence-electron chi connectivity index (χ2n) is 8.99. The number of sulfonamides is 1. The Kier molecular flexibility index (Phi) is 7.57. The number of primary sulfonamides is 1. The third kappa shape index (κ3) is 4.54. The summed E-state index contributed by atoms with van der Waals surface area (Å²) in [6.45, 7) is 3.15. The van der Waals surface area contributed by atoms with Crippen LogP contribution >= 0.6 is 0 Å². The lowest BCUT2D eigenvalue weighted by Gasteiger charge is -2.50. The number of rotatable bonds is 9. The van der Waals surface area contributed by atoms with Crippen LogP contribution in [0.2, 0.25) is 0 Å². The number of Topliss-reactive ketones (excluding diaryl/α,β-unsaturated/α-hetero) is 2. The van der Waals surface area contributed by atoms with Crippen LogP contribution in [0, 0.1) is 5.92 Å². The van der Waals surface area contributed by atoms with Crippen LogP contribution in [0.1, 0.15) is 38.2 Å². The molecule has 3 rings (SSSR count). The average Bonchev–Trinajstić information content (AvgIpc) is 3.32. The molecule has 2 saturated heterocycles. The summed E-state index contributed by atoms with van der Waals surface area (Å²) in [5, 5.41) is 9.24. The third-order valence-electron chi connectivity index (χ3n) is 7.09. The molecule has 11 heteroatoms. The predicted molar refractivity (Wildman–Crippen MR) is 126 cm³/mol. The van der Waals surface area contributed by atoms with Gasteiger partial charge in [-0.05, 0) is 51.3 Å². The van der Waals surface area contributed by atoms with Crippen molar-refractivity contribution in [2.75, 3.05) is 26.2 Å². The SMILES string of the molecule is CC(=O)C(Cc1ccccc1)(N1CCCC1)C(N)(C(=O)C1CCN(C=NN)CC1)S(N)(=O)=O. The molecule has 2 atom stereocenters. The molecule has 33 heavy (non-hydrogen) atoms. The first-order chi connectivity index (χ1) is 15.6. The highest BCUT2D eigenvalue weighted by Crippen LogP contribution is 2.40. The largest absolute Gasteiger partial charge is 0.361 e. The van der Waals surface area contributed by atoms with Crippen molar-refractivity contribution in [3.63, 3.8) is 0 Å². The molecule has 0 aliphatic carbocycles. The summed E-state index contributed by atoms with van der Waals surface area (Å²) in [5.41, 5.74) is 5.56. The highest BCUT2D eigenvalue weighted by molar-refractivity contribution is 7.91. The molecule has 182 valence electrons. The topological polar surface area (TPSA) is 165 Å². The number of piperidine rings is 1. The van der Waals surface area contributed by atoms with Gasteiger partial charge in [-0.15, -0.1) is 0 Å². The van der Waals surface area contributed by atoms with Gasteiger partial charge in [0.15, 0.2) is 11.6 Å². The first-order valence-corrected chi connectivity index (χ1v) is 12.8. The zero-order valence-corrected chi connectivity index (χ0v) is 19.8. The fraction of sp³-hybridized carbons (Fsp3) is 0.591. The summed E-state index contributed by atoms with van der Waals surface area (Å²) in [6, 6.07) is 9.03. The van der Waals surface area contributed by atoms with Gasteiger partial charge in [-0.2, -0.15) is 5.10 Å². The Labute approximate surface area is 195 Å². The van der Waals surface area contributed by atoms with Crippen molar-refractivity contribution in [3.8, 4) is 0 Å². The van der Waals surface area contributed by atoms with E-state index in [-0.39, 0.29) is 6.42 Å². The minimum Gasteiger partial charge on any atom is -0.361 e. The summed E-state index contributed by atoms with van der Waals surface area (Å²) >= 11 is 0. The fourth-order valence-corrected chi connectivity index (χ4v) is 6.59. The van der Waals surface area contributed by atoms with Gasteiger partial charge < -0.3 is 16.5 Å². The molecule has 2 heterocycles. The Hall–Kier alpha value is -2.34. The second kappa shape index (κ2) is 9.88. The van der Waals surface area contributed by atoms with Crippen molar-refractivity contribution in [2.45, 2.75) is 49.4 Å². The molecule has 2 unspecified atom stereocenters. The van der Waals surface area contributed by atoms with Crippen molar-refractivity contribution in [1.29, 1.82) is 0 Å². The number of likely N-dealkylation sites (tertiary alicyclic amines) is 2. The number of hydrogen-bond acceptors (Lipinski definition) is 8. The summed E-state index contributed by atoms with van der Waals surface area (Å²) in [7, 11) is -4.69. The molecular weight excluding hydrogens is 444 g/mol. The lowest BCUT2D eigenvalue weighted by molar-refractivity contribution is -0.141. The molecule has 2 fully saturated rings. The third-order valence-corrected chi connectivity index (χ3v) is 8.53. The van der Waals surface area contributed by atoms with Crippen molar-refractivity contribution in [2.24, 2.45) is 27.7 Å². The first kappa shape index (κ1) is 25.3. The summed E-state index contributed by atoms with van der Waals surface area (Å²) < 4.78 is 26.4. The Morgan fingerprint density at radius 1 is 1.12 bits per heavy atom. The van der Waals surface area contributed by atoms with Crippen LogP contribution in [0.15, 0.2) is 35.4 Å². The average molecular weight is 479 g/mol. The molecule has 6 N–H and O–H groups in total. The number of carbonyl (C=O) groups is 2. The van der Waals surface area contributed by atoms with Gasteiger partial charge in [-0.3, -0.25) is 14.5 Å². The van der Waals surface area contributed by atoms with E-state index in [0.29, 0.717) is 44.6 Å². The van der Waals surface area contributed by atoms with Crippen LogP contribution in [-0.4, -0.2) is 72.7 Å². The van der Waals surface area contributed by atoms with E-state index in [1.54, 1.807) is 29.2 Å². The molecule has 0 radical (unpaired) electrons. The zero-order valence-electron chi connectivity index (χ0n) is 19.0. The molecule has 0 saturated carbocycles. The van der Waals surface area contributed by atoms with Gasteiger partial charge in [-0.1, -0.05) is 30.3 Å². The van der Waals surface area contributed by atoms with Crippen molar-refractivity contribution < 1.29 is 18.0 Å². The number of nitrogens with two attached hydrogens (primary N) is 3. The van der Waals surface area contributed by atoms with Gasteiger partial charge in [0.05, 0.1) is 0 Å². The maximum Gasteiger partial charge on any atom is 0.237 e. The van der Waals surface area contributed by atoms with Gasteiger partial charge in [0.25, 0.3) is 0 Å². The fourth-order valence-electron chi connectivity index (χ4n) is 5.33. The van der Waals surface area contributed by atoms with Gasteiger partial charge in [0.2, 0.25) is 14.9 Å². The molecule has 0 amide bonds. The smallest absolute Gasteiger partial charge is 0.237 e. The number of hydrogen-bond donors (Lipinski definition) is 3. The molecule has 1 aromatic rings. The number of hydrazone groups is 1. The molecule has 2 aliphatic heterocycles. The zero-order chi connectivity index (χ0) is 24.3.